The highest BCUT2D eigenvalue weighted by Gasteiger charge is 2.22. The van der Waals surface area contributed by atoms with Gasteiger partial charge in [0.15, 0.2) is 0 Å². The van der Waals surface area contributed by atoms with E-state index in [4.69, 9.17) is 5.11 Å². The van der Waals surface area contributed by atoms with Crippen LogP contribution in [0.4, 0.5) is 8.78 Å². The Bertz CT molecular complexity index is 413. The molecular weight excluding hydrogens is 206 g/mol. The van der Waals surface area contributed by atoms with Gasteiger partial charge in [-0.2, -0.15) is 0 Å². The molecule has 0 saturated heterocycles. The highest BCUT2D eigenvalue weighted by Crippen LogP contribution is 2.24. The van der Waals surface area contributed by atoms with Crippen molar-refractivity contribution in [2.45, 2.75) is 13.3 Å². The van der Waals surface area contributed by atoms with Crippen LogP contribution in [0.1, 0.15) is 27.9 Å². The van der Waals surface area contributed by atoms with E-state index in [9.17, 15) is 18.4 Å². The van der Waals surface area contributed by atoms with Crippen LogP contribution in [-0.4, -0.2) is 16.9 Å². The Kier molecular flexibility index (Phi) is 3.14. The number of carboxylic acid groups (broad SMARTS) is 1. The lowest BCUT2D eigenvalue weighted by atomic mass is 10.0. The van der Waals surface area contributed by atoms with E-state index in [1.807, 2.05) is 0 Å². The standard InChI is InChI=1S/C10H8F2O3/c1-5-2-3-6(9(11)12)7(4-5)8(13)10(14)15/h2-4,9H,1H3,(H,14,15). The molecule has 0 atom stereocenters. The first-order valence-corrected chi connectivity index (χ1v) is 4.09. The fourth-order valence-electron chi connectivity index (χ4n) is 1.17. The second kappa shape index (κ2) is 4.16. The fraction of sp³-hybridized carbons (Fsp3) is 0.200. The Labute approximate surface area is 84.3 Å². The summed E-state index contributed by atoms with van der Waals surface area (Å²) >= 11 is 0. The molecule has 0 aromatic heterocycles. The van der Waals surface area contributed by atoms with Crippen molar-refractivity contribution in [1.29, 1.82) is 0 Å². The molecule has 3 nitrogen and oxygen atoms in total. The number of benzene rings is 1. The molecule has 1 N–H and O–H groups in total. The van der Waals surface area contributed by atoms with Gasteiger partial charge in [-0.3, -0.25) is 4.79 Å². The molecule has 0 amide bonds. The van der Waals surface area contributed by atoms with Crippen LogP contribution in [0.15, 0.2) is 18.2 Å². The minimum atomic E-state index is -2.86. The van der Waals surface area contributed by atoms with Gasteiger partial charge in [-0.1, -0.05) is 17.7 Å². The van der Waals surface area contributed by atoms with E-state index >= 15 is 0 Å². The van der Waals surface area contributed by atoms with E-state index in [0.717, 1.165) is 12.1 Å². The Morgan fingerprint density at radius 2 is 1.93 bits per heavy atom. The molecule has 0 bridgehead atoms. The molecule has 0 fully saturated rings. The van der Waals surface area contributed by atoms with Gasteiger partial charge < -0.3 is 5.11 Å². The van der Waals surface area contributed by atoms with Gasteiger partial charge in [0.2, 0.25) is 0 Å². The molecule has 0 aliphatic carbocycles. The predicted octanol–water partition coefficient (Wildman–Crippen LogP) is 2.20. The minimum absolute atomic E-state index is 0.447. The summed E-state index contributed by atoms with van der Waals surface area (Å²) in [4.78, 5) is 21.5. The second-order valence-electron chi connectivity index (χ2n) is 3.03. The summed E-state index contributed by atoms with van der Waals surface area (Å²) in [6.07, 6.45) is -2.86. The van der Waals surface area contributed by atoms with E-state index < -0.39 is 29.3 Å². The molecule has 0 aliphatic rings. The summed E-state index contributed by atoms with van der Waals surface area (Å²) < 4.78 is 24.9. The zero-order valence-corrected chi connectivity index (χ0v) is 7.83. The van der Waals surface area contributed by atoms with Crippen LogP contribution in [0.5, 0.6) is 0 Å². The lowest BCUT2D eigenvalue weighted by Crippen LogP contribution is -2.15. The summed E-state index contributed by atoms with van der Waals surface area (Å²) in [6, 6.07) is 3.62. The zero-order chi connectivity index (χ0) is 11.6. The van der Waals surface area contributed by atoms with Gasteiger partial charge in [0.25, 0.3) is 12.2 Å². The molecule has 1 aromatic rings. The maximum absolute atomic E-state index is 12.4. The van der Waals surface area contributed by atoms with Gasteiger partial charge in [0.05, 0.1) is 0 Å². The number of carbonyl (C=O) groups is 2. The molecule has 0 unspecified atom stereocenters. The number of aryl methyl sites for hydroxylation is 1. The molecule has 0 saturated carbocycles. The van der Waals surface area contributed by atoms with Crippen molar-refractivity contribution < 1.29 is 23.5 Å². The van der Waals surface area contributed by atoms with Crippen molar-refractivity contribution in [3.05, 3.63) is 34.9 Å². The first kappa shape index (κ1) is 11.3. The summed E-state index contributed by atoms with van der Waals surface area (Å²) in [5.41, 5.74) is -0.436. The predicted molar refractivity (Wildman–Crippen MR) is 48.1 cm³/mol. The number of carbonyl (C=O) groups excluding carboxylic acids is 1. The van der Waals surface area contributed by atoms with E-state index in [-0.39, 0.29) is 0 Å². The van der Waals surface area contributed by atoms with Gasteiger partial charge in [0, 0.05) is 11.1 Å². The number of halogens is 2. The maximum atomic E-state index is 12.4. The summed E-state index contributed by atoms with van der Waals surface area (Å²) in [5, 5.41) is 8.44. The van der Waals surface area contributed by atoms with Crippen LogP contribution in [0.3, 0.4) is 0 Å². The van der Waals surface area contributed by atoms with Crippen LogP contribution in [0.25, 0.3) is 0 Å². The molecule has 0 heterocycles. The molecule has 1 aromatic carbocycles. The van der Waals surface area contributed by atoms with Crippen LogP contribution in [-0.2, 0) is 4.79 Å². The van der Waals surface area contributed by atoms with E-state index in [2.05, 4.69) is 0 Å². The molecular formula is C10H8F2O3. The fourth-order valence-corrected chi connectivity index (χ4v) is 1.17. The van der Waals surface area contributed by atoms with Crippen LogP contribution in [0.2, 0.25) is 0 Å². The van der Waals surface area contributed by atoms with E-state index in [1.54, 1.807) is 6.92 Å². The van der Waals surface area contributed by atoms with E-state index in [0.29, 0.717) is 5.56 Å². The van der Waals surface area contributed by atoms with Crippen LogP contribution in [0, 0.1) is 6.92 Å². The van der Waals surface area contributed by atoms with Gasteiger partial charge in [-0.05, 0) is 13.0 Å². The molecule has 0 radical (unpaired) electrons. The van der Waals surface area contributed by atoms with Crippen molar-refractivity contribution >= 4 is 11.8 Å². The van der Waals surface area contributed by atoms with E-state index in [1.165, 1.54) is 6.07 Å². The SMILES string of the molecule is Cc1ccc(C(F)F)c(C(=O)C(=O)O)c1. The number of hydrogen-bond acceptors (Lipinski definition) is 2. The Morgan fingerprint density at radius 3 is 2.40 bits per heavy atom. The monoisotopic (exact) mass is 214 g/mol. The number of rotatable bonds is 3. The molecule has 5 heteroatoms. The largest absolute Gasteiger partial charge is 0.475 e. The third-order valence-corrected chi connectivity index (χ3v) is 1.88. The first-order valence-electron chi connectivity index (χ1n) is 4.09. The highest BCUT2D eigenvalue weighted by molar-refractivity contribution is 6.40. The van der Waals surface area contributed by atoms with Gasteiger partial charge in [-0.15, -0.1) is 0 Å². The zero-order valence-electron chi connectivity index (χ0n) is 7.83. The normalized spacial score (nSPS) is 10.4. The molecule has 15 heavy (non-hydrogen) atoms. The summed E-state index contributed by atoms with van der Waals surface area (Å²) in [7, 11) is 0. The minimum Gasteiger partial charge on any atom is -0.475 e. The number of alkyl halides is 2. The van der Waals surface area contributed by atoms with Crippen molar-refractivity contribution in [3.63, 3.8) is 0 Å². The highest BCUT2D eigenvalue weighted by atomic mass is 19.3. The third-order valence-electron chi connectivity index (χ3n) is 1.88. The number of hydrogen-bond donors (Lipinski definition) is 1. The van der Waals surface area contributed by atoms with Crippen molar-refractivity contribution in [2.75, 3.05) is 0 Å². The topological polar surface area (TPSA) is 54.4 Å². The average Bonchev–Trinajstić information content (AvgIpc) is 2.15. The Hall–Kier alpha value is -1.78. The molecule has 80 valence electrons. The van der Waals surface area contributed by atoms with Gasteiger partial charge in [0.1, 0.15) is 0 Å². The first-order chi connectivity index (χ1) is 6.93. The van der Waals surface area contributed by atoms with Gasteiger partial charge >= 0.3 is 5.97 Å². The second-order valence-corrected chi connectivity index (χ2v) is 3.03. The number of Topliss-reactive ketones (excluding diaryl/α,β-unsaturated/α-hetero) is 1. The summed E-state index contributed by atoms with van der Waals surface area (Å²) in [6.45, 7) is 1.59. The summed E-state index contributed by atoms with van der Waals surface area (Å²) in [5.74, 6) is -3.04. The quantitative estimate of drug-likeness (QED) is 0.619. The van der Waals surface area contributed by atoms with Crippen molar-refractivity contribution in [2.24, 2.45) is 0 Å². The number of aliphatic carboxylic acids is 1. The van der Waals surface area contributed by atoms with Gasteiger partial charge in [-0.25, -0.2) is 13.6 Å². The lowest BCUT2D eigenvalue weighted by Gasteiger charge is -2.06. The Morgan fingerprint density at radius 1 is 1.33 bits per heavy atom. The average molecular weight is 214 g/mol. The van der Waals surface area contributed by atoms with Crippen molar-refractivity contribution in [3.8, 4) is 0 Å². The van der Waals surface area contributed by atoms with Crippen LogP contribution < -0.4 is 0 Å². The smallest absolute Gasteiger partial charge is 0.377 e. The van der Waals surface area contributed by atoms with Crippen LogP contribution >= 0.6 is 0 Å². The maximum Gasteiger partial charge on any atom is 0.377 e. The lowest BCUT2D eigenvalue weighted by molar-refractivity contribution is -0.131. The number of ketones is 1. The molecule has 0 aliphatic heterocycles. The third kappa shape index (κ3) is 2.37. The molecule has 0 spiro atoms. The van der Waals surface area contributed by atoms with Crippen molar-refractivity contribution in [1.82, 2.24) is 0 Å². The number of carboxylic acids is 1. The molecule has 1 rings (SSSR count). The Balaban J connectivity index is 3.30.